The number of benzene rings is 3. The predicted octanol–water partition coefficient (Wildman–Crippen LogP) is 3.72. The average molecular weight is 406 g/mol. The van der Waals surface area contributed by atoms with E-state index in [1.165, 1.54) is 18.2 Å². The molecule has 0 aromatic heterocycles. The zero-order valence-corrected chi connectivity index (χ0v) is 16.6. The molecule has 3 aromatic carbocycles. The van der Waals surface area contributed by atoms with E-state index in [0.717, 1.165) is 5.56 Å². The van der Waals surface area contributed by atoms with Crippen molar-refractivity contribution in [1.29, 1.82) is 0 Å². The number of anilines is 1. The number of rotatable bonds is 7. The quantitative estimate of drug-likeness (QED) is 0.560. The summed E-state index contributed by atoms with van der Waals surface area (Å²) in [6.45, 7) is 1.81. The van der Waals surface area contributed by atoms with E-state index in [-0.39, 0.29) is 17.7 Å². The lowest BCUT2D eigenvalue weighted by atomic mass is 10.1. The Morgan fingerprint density at radius 2 is 1.57 bits per heavy atom. The van der Waals surface area contributed by atoms with Gasteiger partial charge >= 0.3 is 0 Å². The summed E-state index contributed by atoms with van der Waals surface area (Å²) in [5.41, 5.74) is 2.07. The molecule has 0 aliphatic carbocycles. The van der Waals surface area contributed by atoms with E-state index >= 15 is 0 Å². The van der Waals surface area contributed by atoms with E-state index in [1.54, 1.807) is 31.2 Å². The minimum absolute atomic E-state index is 0.0579. The second-order valence-corrected chi connectivity index (χ2v) is 6.99. The first-order valence-corrected chi connectivity index (χ1v) is 9.61. The molecule has 6 heteroatoms. The van der Waals surface area contributed by atoms with Crippen LogP contribution in [0, 0.1) is 12.7 Å². The third-order valence-corrected chi connectivity index (χ3v) is 4.69. The Morgan fingerprint density at radius 3 is 2.30 bits per heavy atom. The number of aryl methyl sites for hydroxylation is 1. The molecule has 2 amide bonds. The van der Waals surface area contributed by atoms with Crippen LogP contribution in [0.25, 0.3) is 0 Å². The topological polar surface area (TPSA) is 78.4 Å². The van der Waals surface area contributed by atoms with Crippen molar-refractivity contribution in [3.8, 4) is 0 Å². The van der Waals surface area contributed by atoms with E-state index in [2.05, 4.69) is 10.6 Å². The van der Waals surface area contributed by atoms with Gasteiger partial charge in [0.25, 0.3) is 11.8 Å². The number of para-hydroxylation sites is 1. The maximum atomic E-state index is 13.9. The molecule has 0 bridgehead atoms. The van der Waals surface area contributed by atoms with Crippen LogP contribution in [0.3, 0.4) is 0 Å². The van der Waals surface area contributed by atoms with Gasteiger partial charge in [-0.25, -0.2) is 4.39 Å². The van der Waals surface area contributed by atoms with Crippen molar-refractivity contribution in [1.82, 2.24) is 5.32 Å². The Morgan fingerprint density at radius 1 is 0.900 bits per heavy atom. The van der Waals surface area contributed by atoms with E-state index < -0.39 is 23.7 Å². The molecule has 0 radical (unpaired) electrons. The van der Waals surface area contributed by atoms with Gasteiger partial charge in [0.05, 0.1) is 22.9 Å². The maximum Gasteiger partial charge on any atom is 0.258 e. The molecule has 0 saturated carbocycles. The summed E-state index contributed by atoms with van der Waals surface area (Å²) in [6, 6.07) is 20.1. The van der Waals surface area contributed by atoms with Gasteiger partial charge in [0.15, 0.2) is 0 Å². The summed E-state index contributed by atoms with van der Waals surface area (Å²) in [5.74, 6) is -1.71. The van der Waals surface area contributed by atoms with Crippen LogP contribution in [-0.4, -0.2) is 29.6 Å². The van der Waals surface area contributed by atoms with Crippen LogP contribution in [0.15, 0.2) is 72.8 Å². The maximum absolute atomic E-state index is 13.9. The molecular weight excluding hydrogens is 383 g/mol. The van der Waals surface area contributed by atoms with Crippen molar-refractivity contribution < 1.29 is 19.1 Å². The lowest BCUT2D eigenvalue weighted by molar-refractivity contribution is 0.0916. The van der Waals surface area contributed by atoms with Gasteiger partial charge in [-0.3, -0.25) is 9.59 Å². The SMILES string of the molecule is Cc1cccc(C(=O)NCC(O)Cc2ccccc2)c1NC(=O)c1ccccc1F. The summed E-state index contributed by atoms with van der Waals surface area (Å²) in [4.78, 5) is 25.2. The van der Waals surface area contributed by atoms with Crippen LogP contribution in [0.4, 0.5) is 10.1 Å². The van der Waals surface area contributed by atoms with Gasteiger partial charge in [0.1, 0.15) is 5.82 Å². The van der Waals surface area contributed by atoms with Crippen LogP contribution in [0.1, 0.15) is 31.8 Å². The van der Waals surface area contributed by atoms with E-state index in [0.29, 0.717) is 17.7 Å². The molecule has 0 aliphatic heterocycles. The van der Waals surface area contributed by atoms with Crippen molar-refractivity contribution in [3.05, 3.63) is 101 Å². The summed E-state index contributed by atoms with van der Waals surface area (Å²) in [7, 11) is 0. The first-order chi connectivity index (χ1) is 14.5. The fourth-order valence-electron chi connectivity index (χ4n) is 3.11. The van der Waals surface area contributed by atoms with Crippen molar-refractivity contribution in [2.75, 3.05) is 11.9 Å². The number of halogens is 1. The molecule has 0 aliphatic rings. The molecule has 1 unspecified atom stereocenters. The van der Waals surface area contributed by atoms with Gasteiger partial charge in [-0.15, -0.1) is 0 Å². The average Bonchev–Trinajstić information content (AvgIpc) is 2.74. The third-order valence-electron chi connectivity index (χ3n) is 4.69. The number of carbonyl (C=O) groups is 2. The fourth-order valence-corrected chi connectivity index (χ4v) is 3.11. The van der Waals surface area contributed by atoms with Crippen LogP contribution in [0.2, 0.25) is 0 Å². The normalized spacial score (nSPS) is 11.6. The second-order valence-electron chi connectivity index (χ2n) is 6.99. The summed E-state index contributed by atoms with van der Waals surface area (Å²) in [5, 5.41) is 15.6. The highest BCUT2D eigenvalue weighted by atomic mass is 19.1. The van der Waals surface area contributed by atoms with Gasteiger partial charge in [0.2, 0.25) is 0 Å². The molecule has 154 valence electrons. The zero-order valence-electron chi connectivity index (χ0n) is 16.6. The molecule has 0 spiro atoms. The third kappa shape index (κ3) is 5.30. The first kappa shape index (κ1) is 21.2. The molecule has 3 aromatic rings. The number of amides is 2. The smallest absolute Gasteiger partial charge is 0.258 e. The van der Waals surface area contributed by atoms with E-state index in [1.807, 2.05) is 30.3 Å². The largest absolute Gasteiger partial charge is 0.391 e. The summed E-state index contributed by atoms with van der Waals surface area (Å²) in [6.07, 6.45) is -0.344. The lowest BCUT2D eigenvalue weighted by Crippen LogP contribution is -2.34. The monoisotopic (exact) mass is 406 g/mol. The second kappa shape index (κ2) is 9.80. The zero-order chi connectivity index (χ0) is 21.5. The Hall–Kier alpha value is -3.51. The Balaban J connectivity index is 1.70. The van der Waals surface area contributed by atoms with Gasteiger partial charge in [-0.2, -0.15) is 0 Å². The molecule has 0 fully saturated rings. The van der Waals surface area contributed by atoms with Crippen molar-refractivity contribution in [2.24, 2.45) is 0 Å². The molecule has 30 heavy (non-hydrogen) atoms. The fraction of sp³-hybridized carbons (Fsp3) is 0.167. The lowest BCUT2D eigenvalue weighted by Gasteiger charge is -2.16. The number of nitrogens with one attached hydrogen (secondary N) is 2. The summed E-state index contributed by atoms with van der Waals surface area (Å²) < 4.78 is 13.9. The highest BCUT2D eigenvalue weighted by Gasteiger charge is 2.18. The molecule has 1 atom stereocenters. The van der Waals surface area contributed by atoms with E-state index in [4.69, 9.17) is 0 Å². The standard InChI is InChI=1S/C24H23FN2O3/c1-16-8-7-12-20(22(16)27-24(30)19-11-5-6-13-21(19)25)23(29)26-15-18(28)14-17-9-3-2-4-10-17/h2-13,18,28H,14-15H2,1H3,(H,26,29)(H,27,30). The predicted molar refractivity (Wildman–Crippen MR) is 114 cm³/mol. The molecule has 0 heterocycles. The Bertz CT molecular complexity index is 1040. The van der Waals surface area contributed by atoms with Crippen LogP contribution < -0.4 is 10.6 Å². The van der Waals surface area contributed by atoms with Crippen LogP contribution in [0.5, 0.6) is 0 Å². The van der Waals surface area contributed by atoms with Gasteiger partial charge in [0, 0.05) is 13.0 Å². The first-order valence-electron chi connectivity index (χ1n) is 9.61. The molecular formula is C24H23FN2O3. The van der Waals surface area contributed by atoms with E-state index in [9.17, 15) is 19.1 Å². The van der Waals surface area contributed by atoms with Crippen molar-refractivity contribution >= 4 is 17.5 Å². The number of carbonyl (C=O) groups excluding carboxylic acids is 2. The highest BCUT2D eigenvalue weighted by Crippen LogP contribution is 2.22. The number of hydrogen-bond donors (Lipinski definition) is 3. The van der Waals surface area contributed by atoms with Gasteiger partial charge in [-0.1, -0.05) is 54.6 Å². The Kier molecular flexibility index (Phi) is 6.93. The molecule has 3 rings (SSSR count). The number of aliphatic hydroxyl groups excluding tert-OH is 1. The minimum atomic E-state index is -0.752. The minimum Gasteiger partial charge on any atom is -0.391 e. The van der Waals surface area contributed by atoms with Gasteiger partial charge in [-0.05, 0) is 36.2 Å². The van der Waals surface area contributed by atoms with Gasteiger partial charge < -0.3 is 15.7 Å². The van der Waals surface area contributed by atoms with Crippen LogP contribution in [-0.2, 0) is 6.42 Å². The van der Waals surface area contributed by atoms with Crippen molar-refractivity contribution in [3.63, 3.8) is 0 Å². The van der Waals surface area contributed by atoms with Crippen molar-refractivity contribution in [2.45, 2.75) is 19.4 Å². The number of hydrogen-bond acceptors (Lipinski definition) is 3. The molecule has 3 N–H and O–H groups in total. The molecule has 0 saturated heterocycles. The summed E-state index contributed by atoms with van der Waals surface area (Å²) >= 11 is 0. The molecule has 5 nitrogen and oxygen atoms in total. The highest BCUT2D eigenvalue weighted by molar-refractivity contribution is 6.09. The van der Waals surface area contributed by atoms with Crippen LogP contribution >= 0.6 is 0 Å². The Labute approximate surface area is 174 Å². The number of aliphatic hydroxyl groups is 1.